The number of hydrogen-bond acceptors (Lipinski definition) is 0. The van der Waals surface area contributed by atoms with Crippen LogP contribution in [-0.4, -0.2) is 5.92 Å². The zero-order valence-corrected chi connectivity index (χ0v) is 19.9. The van der Waals surface area contributed by atoms with Crippen LogP contribution in [0.1, 0.15) is 87.3 Å². The Bertz CT molecular complexity index is 953. The van der Waals surface area contributed by atoms with Crippen LogP contribution in [-0.2, 0) is 12.8 Å². The van der Waals surface area contributed by atoms with Crippen LogP contribution in [0, 0.1) is 35.2 Å². The van der Waals surface area contributed by atoms with E-state index in [0.717, 1.165) is 74.6 Å². The molecule has 34 heavy (non-hydrogen) atoms. The summed E-state index contributed by atoms with van der Waals surface area (Å²) in [5.74, 6) is -4.59. The topological polar surface area (TPSA) is 0 Å². The summed E-state index contributed by atoms with van der Waals surface area (Å²) in [4.78, 5) is 0. The summed E-state index contributed by atoms with van der Waals surface area (Å²) in [6.07, 6.45) is 7.83. The van der Waals surface area contributed by atoms with Gasteiger partial charge in [0.25, 0.3) is 5.92 Å². The van der Waals surface area contributed by atoms with E-state index >= 15 is 0 Å². The predicted octanol–water partition coefficient (Wildman–Crippen LogP) is 9.01. The molecule has 0 atom stereocenters. The summed E-state index contributed by atoms with van der Waals surface area (Å²) in [6.45, 7) is 2.09. The Morgan fingerprint density at radius 2 is 1.29 bits per heavy atom. The summed E-state index contributed by atoms with van der Waals surface area (Å²) >= 11 is 0. The van der Waals surface area contributed by atoms with E-state index in [0.29, 0.717) is 24.7 Å². The van der Waals surface area contributed by atoms with Crippen molar-refractivity contribution in [3.05, 3.63) is 70.5 Å². The van der Waals surface area contributed by atoms with E-state index in [4.69, 9.17) is 0 Å². The molecule has 2 saturated carbocycles. The number of aryl methyl sites for hydroxylation is 1. The third kappa shape index (κ3) is 5.83. The van der Waals surface area contributed by atoms with Crippen molar-refractivity contribution >= 4 is 0 Å². The lowest BCUT2D eigenvalue weighted by molar-refractivity contribution is -0.0775. The highest BCUT2D eigenvalue weighted by Crippen LogP contribution is 2.47. The number of rotatable bonds is 7. The Kier molecular flexibility index (Phi) is 7.99. The molecule has 0 heterocycles. The van der Waals surface area contributed by atoms with Crippen LogP contribution in [0.25, 0.3) is 0 Å². The Morgan fingerprint density at radius 3 is 1.88 bits per heavy atom. The SMILES string of the molecule is CCCc1ccc(C2CCC(C3CCC(C(F)(F)Cc4ccc(F)c(F)c4)CC3)CC2)c(F)c1. The van der Waals surface area contributed by atoms with Gasteiger partial charge in [-0.1, -0.05) is 31.5 Å². The lowest BCUT2D eigenvalue weighted by Crippen LogP contribution is -2.35. The van der Waals surface area contributed by atoms with Crippen molar-refractivity contribution in [1.82, 2.24) is 0 Å². The van der Waals surface area contributed by atoms with E-state index in [1.54, 1.807) is 6.07 Å². The molecule has 2 aromatic rings. The maximum absolute atomic E-state index is 14.9. The molecular formula is C29H35F5. The van der Waals surface area contributed by atoms with Crippen LogP contribution in [0.5, 0.6) is 0 Å². The van der Waals surface area contributed by atoms with E-state index in [1.807, 2.05) is 6.07 Å². The van der Waals surface area contributed by atoms with E-state index in [9.17, 15) is 22.0 Å². The minimum atomic E-state index is -2.92. The smallest absolute Gasteiger partial charge is 0.207 e. The molecular weight excluding hydrogens is 443 g/mol. The van der Waals surface area contributed by atoms with Crippen molar-refractivity contribution < 1.29 is 22.0 Å². The number of benzene rings is 2. The molecule has 0 radical (unpaired) electrons. The second-order valence-electron chi connectivity index (χ2n) is 10.5. The molecule has 0 unspecified atom stereocenters. The average Bonchev–Trinajstić information content (AvgIpc) is 2.82. The molecule has 0 amide bonds. The molecule has 4 rings (SSSR count). The standard InChI is InChI=1S/C29H35F5/c1-2-3-19-4-14-25(27(31)16-19)23-8-6-21(7-9-23)22-10-12-24(13-11-22)29(33,34)18-20-5-15-26(30)28(32)17-20/h4-5,14-17,21-24H,2-3,6-13,18H2,1H3. The molecule has 2 aliphatic rings. The summed E-state index contributed by atoms with van der Waals surface area (Å²) in [5, 5.41) is 0. The van der Waals surface area contributed by atoms with Gasteiger partial charge in [0.05, 0.1) is 0 Å². The second-order valence-corrected chi connectivity index (χ2v) is 10.5. The molecule has 5 heteroatoms. The summed E-state index contributed by atoms with van der Waals surface area (Å²) in [7, 11) is 0. The average molecular weight is 479 g/mol. The first-order chi connectivity index (χ1) is 16.3. The summed E-state index contributed by atoms with van der Waals surface area (Å²) in [5.41, 5.74) is 2.02. The first-order valence-electron chi connectivity index (χ1n) is 12.9. The first-order valence-corrected chi connectivity index (χ1v) is 12.9. The van der Waals surface area contributed by atoms with Crippen molar-refractivity contribution in [2.45, 2.75) is 89.4 Å². The van der Waals surface area contributed by atoms with Gasteiger partial charge in [-0.2, -0.15) is 0 Å². The van der Waals surface area contributed by atoms with Gasteiger partial charge in [-0.05, 0) is 110 Å². The highest BCUT2D eigenvalue weighted by Gasteiger charge is 2.43. The lowest BCUT2D eigenvalue weighted by Gasteiger charge is -2.39. The van der Waals surface area contributed by atoms with Crippen molar-refractivity contribution in [1.29, 1.82) is 0 Å². The van der Waals surface area contributed by atoms with Gasteiger partial charge in [-0.15, -0.1) is 0 Å². The fourth-order valence-corrected chi connectivity index (χ4v) is 6.33. The van der Waals surface area contributed by atoms with Crippen molar-refractivity contribution in [3.8, 4) is 0 Å². The fraction of sp³-hybridized carbons (Fsp3) is 0.586. The highest BCUT2D eigenvalue weighted by atomic mass is 19.3. The predicted molar refractivity (Wildman–Crippen MR) is 126 cm³/mol. The maximum Gasteiger partial charge on any atom is 0.254 e. The monoisotopic (exact) mass is 478 g/mol. The molecule has 0 bridgehead atoms. The molecule has 0 aromatic heterocycles. The Hall–Kier alpha value is -1.91. The number of halogens is 5. The minimum Gasteiger partial charge on any atom is -0.207 e. The molecule has 2 aliphatic carbocycles. The molecule has 0 N–H and O–H groups in total. The molecule has 0 saturated heterocycles. The maximum atomic E-state index is 14.9. The normalized spacial score (nSPS) is 25.9. The van der Waals surface area contributed by atoms with E-state index in [2.05, 4.69) is 13.0 Å². The third-order valence-electron chi connectivity index (χ3n) is 8.27. The van der Waals surface area contributed by atoms with Gasteiger partial charge in [-0.25, -0.2) is 22.0 Å². The highest BCUT2D eigenvalue weighted by molar-refractivity contribution is 5.28. The van der Waals surface area contributed by atoms with Gasteiger partial charge in [0.15, 0.2) is 11.6 Å². The van der Waals surface area contributed by atoms with Crippen LogP contribution in [0.15, 0.2) is 36.4 Å². The Morgan fingerprint density at radius 1 is 0.706 bits per heavy atom. The van der Waals surface area contributed by atoms with Crippen molar-refractivity contribution in [2.24, 2.45) is 17.8 Å². The second kappa shape index (κ2) is 10.8. The van der Waals surface area contributed by atoms with Gasteiger partial charge < -0.3 is 0 Å². The quantitative estimate of drug-likeness (QED) is 0.348. The molecule has 2 aromatic carbocycles. The fourth-order valence-electron chi connectivity index (χ4n) is 6.33. The van der Waals surface area contributed by atoms with Crippen molar-refractivity contribution in [3.63, 3.8) is 0 Å². The van der Waals surface area contributed by atoms with E-state index in [-0.39, 0.29) is 17.3 Å². The summed E-state index contributed by atoms with van der Waals surface area (Å²) in [6, 6.07) is 8.75. The minimum absolute atomic E-state index is 0.0850. The van der Waals surface area contributed by atoms with Crippen LogP contribution in [0.2, 0.25) is 0 Å². The van der Waals surface area contributed by atoms with E-state index < -0.39 is 29.9 Å². The van der Waals surface area contributed by atoms with Gasteiger partial charge in [0.1, 0.15) is 5.82 Å². The molecule has 0 aliphatic heterocycles. The van der Waals surface area contributed by atoms with Gasteiger partial charge in [0, 0.05) is 12.3 Å². The van der Waals surface area contributed by atoms with Gasteiger partial charge >= 0.3 is 0 Å². The molecule has 0 nitrogen and oxygen atoms in total. The van der Waals surface area contributed by atoms with E-state index in [1.165, 1.54) is 6.07 Å². The molecule has 2 fully saturated rings. The third-order valence-corrected chi connectivity index (χ3v) is 8.27. The molecule has 186 valence electrons. The Balaban J connectivity index is 1.27. The van der Waals surface area contributed by atoms with Crippen LogP contribution >= 0.6 is 0 Å². The first kappa shape index (κ1) is 25.2. The Labute approximate surface area is 200 Å². The van der Waals surface area contributed by atoms with Gasteiger partial charge in [0.2, 0.25) is 0 Å². The lowest BCUT2D eigenvalue weighted by atomic mass is 9.67. The number of alkyl halides is 2. The van der Waals surface area contributed by atoms with Crippen molar-refractivity contribution in [2.75, 3.05) is 0 Å². The number of hydrogen-bond donors (Lipinski definition) is 0. The van der Waals surface area contributed by atoms with Crippen LogP contribution in [0.4, 0.5) is 22.0 Å². The van der Waals surface area contributed by atoms with Crippen LogP contribution < -0.4 is 0 Å². The zero-order valence-electron chi connectivity index (χ0n) is 19.9. The largest absolute Gasteiger partial charge is 0.254 e. The summed E-state index contributed by atoms with van der Waals surface area (Å²) < 4.78 is 71.0. The van der Waals surface area contributed by atoms with Crippen LogP contribution in [0.3, 0.4) is 0 Å². The molecule has 0 spiro atoms. The zero-order chi connectivity index (χ0) is 24.3. The van der Waals surface area contributed by atoms with Gasteiger partial charge in [-0.3, -0.25) is 0 Å².